The second-order valence-electron chi connectivity index (χ2n) is 9.05. The summed E-state index contributed by atoms with van der Waals surface area (Å²) in [6.07, 6.45) is 0.403. The van der Waals surface area contributed by atoms with Crippen LogP contribution < -0.4 is 5.01 Å². The van der Waals surface area contributed by atoms with Crippen molar-refractivity contribution < 1.29 is 29.3 Å². The zero-order chi connectivity index (χ0) is 26.0. The lowest BCUT2D eigenvalue weighted by atomic mass is 9.94. The van der Waals surface area contributed by atoms with E-state index in [1.54, 1.807) is 19.1 Å². The number of nitrogens with zero attached hydrogens (tertiary/aromatic N) is 2. The molecule has 0 bridgehead atoms. The molecule has 186 valence electrons. The second kappa shape index (κ2) is 10.3. The van der Waals surface area contributed by atoms with Gasteiger partial charge in [0.2, 0.25) is 0 Å². The van der Waals surface area contributed by atoms with Gasteiger partial charge in [0, 0.05) is 11.5 Å². The highest BCUT2D eigenvalue weighted by atomic mass is 19.1. The molecule has 0 saturated carbocycles. The summed E-state index contributed by atoms with van der Waals surface area (Å²) in [5.74, 6) is -3.04. The highest BCUT2D eigenvalue weighted by molar-refractivity contribution is 6.37. The molecule has 7 nitrogen and oxygen atoms in total. The summed E-state index contributed by atoms with van der Waals surface area (Å²) < 4.78 is 14.4. The molecule has 36 heavy (non-hydrogen) atoms. The van der Waals surface area contributed by atoms with Crippen LogP contribution in [0.5, 0.6) is 0 Å². The Kier molecular flexibility index (Phi) is 7.17. The first-order valence-electron chi connectivity index (χ1n) is 11.6. The molecule has 0 unspecified atom stereocenters. The van der Waals surface area contributed by atoms with E-state index in [0.717, 1.165) is 22.3 Å². The van der Waals surface area contributed by atoms with Crippen molar-refractivity contribution in [3.05, 3.63) is 88.7 Å². The fourth-order valence-corrected chi connectivity index (χ4v) is 4.54. The molecule has 3 aromatic carbocycles. The molecule has 3 N–H and O–H groups in total. The number of hydrogen-bond acceptors (Lipinski definition) is 5. The Morgan fingerprint density at radius 2 is 1.69 bits per heavy atom. The second-order valence-corrected chi connectivity index (χ2v) is 9.05. The summed E-state index contributed by atoms with van der Waals surface area (Å²) in [5.41, 5.74) is 5.46. The quantitative estimate of drug-likeness (QED) is 0.425. The fourth-order valence-electron chi connectivity index (χ4n) is 4.54. The van der Waals surface area contributed by atoms with E-state index in [-0.39, 0.29) is 24.6 Å². The third-order valence-electron chi connectivity index (χ3n) is 6.60. The molecule has 3 aromatic rings. The van der Waals surface area contributed by atoms with Crippen molar-refractivity contribution >= 4 is 23.3 Å². The first kappa shape index (κ1) is 25.1. The highest BCUT2D eigenvalue weighted by Gasteiger charge is 2.39. The van der Waals surface area contributed by atoms with Crippen LogP contribution in [0.4, 0.5) is 10.1 Å². The van der Waals surface area contributed by atoms with Gasteiger partial charge in [0.15, 0.2) is 5.71 Å². The Bertz CT molecular complexity index is 1340. The number of aryl methyl sites for hydroxylation is 1. The number of hydrogen-bond donors (Lipinski definition) is 3. The van der Waals surface area contributed by atoms with E-state index in [4.69, 9.17) is 0 Å². The predicted molar refractivity (Wildman–Crippen MR) is 134 cm³/mol. The number of halogens is 1. The van der Waals surface area contributed by atoms with Crippen LogP contribution in [-0.2, 0) is 22.6 Å². The number of carbonyl (C=O) groups is 2. The molecule has 0 amide bonds. The van der Waals surface area contributed by atoms with Crippen molar-refractivity contribution in [2.45, 2.75) is 39.3 Å². The van der Waals surface area contributed by atoms with Crippen molar-refractivity contribution in [2.24, 2.45) is 11.0 Å². The van der Waals surface area contributed by atoms with Gasteiger partial charge in [-0.15, -0.1) is 0 Å². The van der Waals surface area contributed by atoms with Gasteiger partial charge in [-0.1, -0.05) is 43.3 Å². The van der Waals surface area contributed by atoms with Gasteiger partial charge in [-0.3, -0.25) is 9.80 Å². The zero-order valence-corrected chi connectivity index (χ0v) is 20.0. The van der Waals surface area contributed by atoms with E-state index >= 15 is 0 Å². The lowest BCUT2D eigenvalue weighted by Crippen LogP contribution is -2.35. The zero-order valence-electron chi connectivity index (χ0n) is 20.0. The first-order chi connectivity index (χ1) is 17.2. The molecule has 4 rings (SSSR count). The molecule has 0 spiro atoms. The predicted octanol–water partition coefficient (Wildman–Crippen LogP) is 4.62. The summed E-state index contributed by atoms with van der Waals surface area (Å²) in [6, 6.07) is 17.2. The molecular formula is C28H27FN2O5. The van der Waals surface area contributed by atoms with Gasteiger partial charge < -0.3 is 15.3 Å². The minimum Gasteiger partial charge on any atom is -0.481 e. The lowest BCUT2D eigenvalue weighted by molar-refractivity contribution is -0.137. The number of benzene rings is 3. The van der Waals surface area contributed by atoms with Crippen molar-refractivity contribution in [3.8, 4) is 11.1 Å². The minimum absolute atomic E-state index is 0.0537. The molecule has 2 atom stereocenters. The van der Waals surface area contributed by atoms with E-state index in [2.05, 4.69) is 5.10 Å². The average Bonchev–Trinajstić information content (AvgIpc) is 3.17. The van der Waals surface area contributed by atoms with Crippen molar-refractivity contribution in [1.29, 1.82) is 0 Å². The highest BCUT2D eigenvalue weighted by Crippen LogP contribution is 2.32. The summed E-state index contributed by atoms with van der Waals surface area (Å²) in [4.78, 5) is 22.9. The van der Waals surface area contributed by atoms with Crippen LogP contribution in [0.25, 0.3) is 11.1 Å². The van der Waals surface area contributed by atoms with E-state index in [9.17, 15) is 29.3 Å². The third kappa shape index (κ3) is 5.13. The van der Waals surface area contributed by atoms with Gasteiger partial charge in [-0.25, -0.2) is 9.18 Å². The third-order valence-corrected chi connectivity index (χ3v) is 6.60. The maximum absolute atomic E-state index is 14.4. The van der Waals surface area contributed by atoms with Gasteiger partial charge in [-0.05, 0) is 65.4 Å². The molecule has 1 heterocycles. The average molecular weight is 491 g/mol. The van der Waals surface area contributed by atoms with Crippen LogP contribution in [0.2, 0.25) is 0 Å². The maximum Gasteiger partial charge on any atom is 0.352 e. The molecule has 1 aliphatic heterocycles. The Hall–Kier alpha value is -4.04. The molecule has 8 heteroatoms. The van der Waals surface area contributed by atoms with Crippen molar-refractivity contribution in [1.82, 2.24) is 0 Å². The van der Waals surface area contributed by atoms with Gasteiger partial charge in [0.1, 0.15) is 5.82 Å². The standard InChI is InChI=1S/C28H27FN2O5/c1-16-11-21(23-13-19(15-32)5-10-24(23)29)7-6-20(16)12-18-3-8-22(9-4-18)31-25(14-26(33)34)17(2)27(30-31)28(35)36/h3-11,13,17,25,32H,12,14-15H2,1-2H3,(H,33,34)(H,35,36)/t17-,25-/m0/s1. The molecule has 0 fully saturated rings. The van der Waals surface area contributed by atoms with Crippen LogP contribution >= 0.6 is 0 Å². The van der Waals surface area contributed by atoms with Gasteiger partial charge in [0.05, 0.1) is 24.8 Å². The number of carboxylic acid groups (broad SMARTS) is 2. The van der Waals surface area contributed by atoms with Crippen LogP contribution in [0.1, 0.15) is 35.6 Å². The lowest BCUT2D eigenvalue weighted by Gasteiger charge is -2.25. The molecule has 0 aromatic heterocycles. The number of carboxylic acids is 2. The molecule has 1 aliphatic rings. The summed E-state index contributed by atoms with van der Waals surface area (Å²) in [6.45, 7) is 3.48. The first-order valence-corrected chi connectivity index (χ1v) is 11.6. The van der Waals surface area contributed by atoms with Gasteiger partial charge >= 0.3 is 11.9 Å². The van der Waals surface area contributed by atoms with Crippen LogP contribution in [0, 0.1) is 18.7 Å². The Labute approximate surface area is 208 Å². The van der Waals surface area contributed by atoms with Crippen LogP contribution in [0.15, 0.2) is 65.8 Å². The minimum atomic E-state index is -1.15. The van der Waals surface area contributed by atoms with E-state index in [1.807, 2.05) is 49.4 Å². The molecule has 0 radical (unpaired) electrons. The van der Waals surface area contributed by atoms with Gasteiger partial charge in [-0.2, -0.15) is 5.10 Å². The molecule has 0 aliphatic carbocycles. The Balaban J connectivity index is 1.55. The largest absolute Gasteiger partial charge is 0.481 e. The van der Waals surface area contributed by atoms with E-state index in [0.29, 0.717) is 23.2 Å². The number of aliphatic hydroxyl groups excluding tert-OH is 1. The SMILES string of the molecule is Cc1cc(-c2cc(CO)ccc2F)ccc1Cc1ccc(N2N=C(C(=O)O)[C@@H](C)[C@@H]2CC(=O)O)cc1. The van der Waals surface area contributed by atoms with Crippen LogP contribution in [-0.4, -0.2) is 39.0 Å². The fraction of sp³-hybridized carbons (Fsp3) is 0.250. The summed E-state index contributed by atoms with van der Waals surface area (Å²) in [7, 11) is 0. The Morgan fingerprint density at radius 3 is 2.31 bits per heavy atom. The smallest absolute Gasteiger partial charge is 0.352 e. The van der Waals surface area contributed by atoms with Gasteiger partial charge in [0.25, 0.3) is 0 Å². The number of anilines is 1. The van der Waals surface area contributed by atoms with Crippen molar-refractivity contribution in [3.63, 3.8) is 0 Å². The number of rotatable bonds is 8. The van der Waals surface area contributed by atoms with E-state index < -0.39 is 23.9 Å². The number of aliphatic hydroxyl groups is 1. The van der Waals surface area contributed by atoms with Crippen LogP contribution in [0.3, 0.4) is 0 Å². The van der Waals surface area contributed by atoms with Crippen molar-refractivity contribution in [2.75, 3.05) is 5.01 Å². The Morgan fingerprint density at radius 1 is 1.00 bits per heavy atom. The number of aliphatic carboxylic acids is 2. The summed E-state index contributed by atoms with van der Waals surface area (Å²) in [5, 5.41) is 33.8. The maximum atomic E-state index is 14.4. The molecule has 0 saturated heterocycles. The van der Waals surface area contributed by atoms with E-state index in [1.165, 1.54) is 11.1 Å². The summed E-state index contributed by atoms with van der Waals surface area (Å²) >= 11 is 0. The normalized spacial score (nSPS) is 17.2. The number of hydrazone groups is 1. The molecular weight excluding hydrogens is 463 g/mol. The topological polar surface area (TPSA) is 110 Å². The monoisotopic (exact) mass is 490 g/mol.